The van der Waals surface area contributed by atoms with E-state index in [0.29, 0.717) is 18.7 Å². The van der Waals surface area contributed by atoms with E-state index in [2.05, 4.69) is 5.32 Å². The molecule has 5 heteroatoms. The van der Waals surface area contributed by atoms with Crippen LogP contribution in [0, 0.1) is 11.6 Å². The third-order valence-electron chi connectivity index (χ3n) is 3.35. The van der Waals surface area contributed by atoms with E-state index in [9.17, 15) is 13.6 Å². The molecule has 1 aliphatic carbocycles. The molecule has 1 aliphatic rings. The zero-order valence-corrected chi connectivity index (χ0v) is 10.0. The smallest absolute Gasteiger partial charge is 0.221 e. The van der Waals surface area contributed by atoms with Crippen LogP contribution >= 0.6 is 0 Å². The molecule has 2 rings (SSSR count). The predicted molar refractivity (Wildman–Crippen MR) is 64.0 cm³/mol. The van der Waals surface area contributed by atoms with Crippen molar-refractivity contribution in [3.8, 4) is 0 Å². The van der Waals surface area contributed by atoms with Crippen molar-refractivity contribution in [2.75, 3.05) is 13.1 Å². The first kappa shape index (κ1) is 13.0. The molecular weight excluding hydrogens is 238 g/mol. The summed E-state index contributed by atoms with van der Waals surface area (Å²) in [5.41, 5.74) is 5.40. The van der Waals surface area contributed by atoms with Crippen LogP contribution in [-0.2, 0) is 10.2 Å². The summed E-state index contributed by atoms with van der Waals surface area (Å²) in [5.74, 6) is -1.26. The molecule has 98 valence electrons. The molecule has 1 amide bonds. The normalized spacial score (nSPS) is 16.4. The molecule has 0 unspecified atom stereocenters. The number of hydrogen-bond acceptors (Lipinski definition) is 2. The summed E-state index contributed by atoms with van der Waals surface area (Å²) in [6.07, 6.45) is 1.87. The van der Waals surface area contributed by atoms with Crippen molar-refractivity contribution in [1.29, 1.82) is 0 Å². The molecule has 0 bridgehead atoms. The molecule has 0 aromatic heterocycles. The van der Waals surface area contributed by atoms with E-state index in [1.54, 1.807) is 0 Å². The van der Waals surface area contributed by atoms with Gasteiger partial charge < -0.3 is 11.1 Å². The van der Waals surface area contributed by atoms with Gasteiger partial charge in [0.05, 0.1) is 0 Å². The van der Waals surface area contributed by atoms with Gasteiger partial charge in [-0.15, -0.1) is 0 Å². The first-order valence-electron chi connectivity index (χ1n) is 6.00. The molecular formula is C13H16F2N2O. The second-order valence-corrected chi connectivity index (χ2v) is 4.72. The van der Waals surface area contributed by atoms with Gasteiger partial charge in [0.1, 0.15) is 11.6 Å². The Morgan fingerprint density at radius 2 is 2.11 bits per heavy atom. The van der Waals surface area contributed by atoms with Crippen LogP contribution in [0.4, 0.5) is 8.78 Å². The molecule has 0 aliphatic heterocycles. The zero-order valence-electron chi connectivity index (χ0n) is 10.0. The summed E-state index contributed by atoms with van der Waals surface area (Å²) in [7, 11) is 0. The molecule has 0 radical (unpaired) electrons. The lowest BCUT2D eigenvalue weighted by molar-refractivity contribution is -0.121. The average Bonchev–Trinajstić information content (AvgIpc) is 3.08. The largest absolute Gasteiger partial charge is 0.355 e. The summed E-state index contributed by atoms with van der Waals surface area (Å²) in [6, 6.07) is 3.60. The molecule has 0 heterocycles. The van der Waals surface area contributed by atoms with Crippen LogP contribution in [0.2, 0.25) is 0 Å². The quantitative estimate of drug-likeness (QED) is 0.836. The number of benzene rings is 1. The maximum Gasteiger partial charge on any atom is 0.221 e. The first-order chi connectivity index (χ1) is 8.57. The van der Waals surface area contributed by atoms with Gasteiger partial charge in [-0.25, -0.2) is 8.78 Å². The number of carbonyl (C=O) groups excluding carboxylic acids is 1. The Kier molecular flexibility index (Phi) is 3.61. The highest BCUT2D eigenvalue weighted by molar-refractivity contribution is 5.76. The number of nitrogens with one attached hydrogen (secondary N) is 1. The Hall–Kier alpha value is -1.49. The summed E-state index contributed by atoms with van der Waals surface area (Å²) in [5, 5.41) is 2.75. The standard InChI is InChI=1S/C13H16F2N2O/c14-9-1-2-10(11(15)7-9)13(4-5-13)8-17-12(18)3-6-16/h1-2,7H,3-6,8,16H2,(H,17,18). The minimum Gasteiger partial charge on any atom is -0.355 e. The number of hydrogen-bond donors (Lipinski definition) is 2. The molecule has 1 fully saturated rings. The Bertz CT molecular complexity index is 458. The summed E-state index contributed by atoms with van der Waals surface area (Å²) < 4.78 is 26.5. The van der Waals surface area contributed by atoms with E-state index < -0.39 is 11.6 Å². The van der Waals surface area contributed by atoms with E-state index in [-0.39, 0.29) is 17.7 Å². The highest BCUT2D eigenvalue weighted by Gasteiger charge is 2.46. The van der Waals surface area contributed by atoms with Gasteiger partial charge in [0, 0.05) is 31.0 Å². The molecule has 1 aromatic rings. The van der Waals surface area contributed by atoms with Gasteiger partial charge in [-0.3, -0.25) is 4.79 Å². The number of carbonyl (C=O) groups is 1. The first-order valence-corrected chi connectivity index (χ1v) is 6.00. The zero-order chi connectivity index (χ0) is 13.2. The number of nitrogens with two attached hydrogens (primary N) is 1. The molecule has 3 nitrogen and oxygen atoms in total. The minimum atomic E-state index is -0.584. The van der Waals surface area contributed by atoms with Crippen LogP contribution in [0.5, 0.6) is 0 Å². The van der Waals surface area contributed by atoms with Gasteiger partial charge >= 0.3 is 0 Å². The Morgan fingerprint density at radius 3 is 2.67 bits per heavy atom. The van der Waals surface area contributed by atoms with Crippen molar-refractivity contribution in [3.05, 3.63) is 35.4 Å². The third kappa shape index (κ3) is 2.67. The van der Waals surface area contributed by atoms with Crippen molar-refractivity contribution in [2.24, 2.45) is 5.73 Å². The number of rotatable bonds is 5. The Labute approximate surface area is 104 Å². The van der Waals surface area contributed by atoms with Gasteiger partial charge in [-0.2, -0.15) is 0 Å². The van der Waals surface area contributed by atoms with Crippen LogP contribution in [-0.4, -0.2) is 19.0 Å². The summed E-state index contributed by atoms with van der Waals surface area (Å²) in [4.78, 5) is 11.3. The van der Waals surface area contributed by atoms with Gasteiger partial charge in [-0.1, -0.05) is 6.07 Å². The molecule has 0 saturated heterocycles. The fourth-order valence-corrected chi connectivity index (χ4v) is 2.10. The van der Waals surface area contributed by atoms with Crippen molar-refractivity contribution in [3.63, 3.8) is 0 Å². The minimum absolute atomic E-state index is 0.133. The van der Waals surface area contributed by atoms with Crippen LogP contribution in [0.1, 0.15) is 24.8 Å². The fraction of sp³-hybridized carbons (Fsp3) is 0.462. The maximum absolute atomic E-state index is 13.7. The SMILES string of the molecule is NCCC(=O)NCC1(c2ccc(F)cc2F)CC1. The molecule has 0 spiro atoms. The van der Waals surface area contributed by atoms with Gasteiger partial charge in [0.2, 0.25) is 5.91 Å². The second kappa shape index (κ2) is 5.02. The van der Waals surface area contributed by atoms with Crippen LogP contribution in [0.3, 0.4) is 0 Å². The number of halogens is 2. The van der Waals surface area contributed by atoms with Crippen LogP contribution in [0.25, 0.3) is 0 Å². The molecule has 18 heavy (non-hydrogen) atoms. The van der Waals surface area contributed by atoms with Gasteiger partial charge in [0.15, 0.2) is 0 Å². The molecule has 0 atom stereocenters. The summed E-state index contributed by atoms with van der Waals surface area (Å²) >= 11 is 0. The van der Waals surface area contributed by atoms with Crippen LogP contribution < -0.4 is 11.1 Å². The van der Waals surface area contributed by atoms with E-state index in [1.807, 2.05) is 0 Å². The van der Waals surface area contributed by atoms with Crippen molar-refractivity contribution < 1.29 is 13.6 Å². The Morgan fingerprint density at radius 1 is 1.39 bits per heavy atom. The molecule has 3 N–H and O–H groups in total. The van der Waals surface area contributed by atoms with Gasteiger partial charge in [0.25, 0.3) is 0 Å². The number of amides is 1. The van der Waals surface area contributed by atoms with Crippen molar-refractivity contribution >= 4 is 5.91 Å². The van der Waals surface area contributed by atoms with E-state index in [0.717, 1.165) is 18.9 Å². The van der Waals surface area contributed by atoms with E-state index in [1.165, 1.54) is 12.1 Å². The lowest BCUT2D eigenvalue weighted by Crippen LogP contribution is -2.33. The third-order valence-corrected chi connectivity index (χ3v) is 3.35. The van der Waals surface area contributed by atoms with Crippen molar-refractivity contribution in [1.82, 2.24) is 5.32 Å². The topological polar surface area (TPSA) is 55.1 Å². The highest BCUT2D eigenvalue weighted by atomic mass is 19.1. The average molecular weight is 254 g/mol. The summed E-state index contributed by atoms with van der Waals surface area (Å²) in [6.45, 7) is 0.679. The highest BCUT2D eigenvalue weighted by Crippen LogP contribution is 2.48. The Balaban J connectivity index is 2.05. The van der Waals surface area contributed by atoms with Crippen LogP contribution in [0.15, 0.2) is 18.2 Å². The predicted octanol–water partition coefficient (Wildman–Crippen LogP) is 1.46. The second-order valence-electron chi connectivity index (χ2n) is 4.72. The molecule has 1 aromatic carbocycles. The van der Waals surface area contributed by atoms with Crippen molar-refractivity contribution in [2.45, 2.75) is 24.7 Å². The lowest BCUT2D eigenvalue weighted by Gasteiger charge is -2.17. The van der Waals surface area contributed by atoms with E-state index >= 15 is 0 Å². The maximum atomic E-state index is 13.7. The lowest BCUT2D eigenvalue weighted by atomic mass is 9.95. The monoisotopic (exact) mass is 254 g/mol. The molecule has 1 saturated carbocycles. The fourth-order valence-electron chi connectivity index (χ4n) is 2.10. The van der Waals surface area contributed by atoms with E-state index in [4.69, 9.17) is 5.73 Å². The van der Waals surface area contributed by atoms with Gasteiger partial charge in [-0.05, 0) is 24.5 Å².